The van der Waals surface area contributed by atoms with E-state index in [1.54, 1.807) is 18.2 Å². The van der Waals surface area contributed by atoms with Gasteiger partial charge in [0.2, 0.25) is 0 Å². The zero-order valence-corrected chi connectivity index (χ0v) is 9.20. The number of carboxylic acids is 1. The third-order valence-electron chi connectivity index (χ3n) is 1.11. The average molecular weight is 303 g/mol. The van der Waals surface area contributed by atoms with Gasteiger partial charge in [0, 0.05) is 0 Å². The van der Waals surface area contributed by atoms with E-state index in [4.69, 9.17) is 12.6 Å². The van der Waals surface area contributed by atoms with Gasteiger partial charge < -0.3 is 22.5 Å². The fourth-order valence-electron chi connectivity index (χ4n) is 0.635. The van der Waals surface area contributed by atoms with Crippen LogP contribution in [0.2, 0.25) is 0 Å². The van der Waals surface area contributed by atoms with Crippen molar-refractivity contribution >= 4 is 42.5 Å². The maximum atomic E-state index is 10.2. The second-order valence-corrected chi connectivity index (χ2v) is 2.22. The molecule has 0 aliphatic rings. The van der Waals surface area contributed by atoms with Gasteiger partial charge in [0.25, 0.3) is 0 Å². The minimum absolute atomic E-state index is 0. The molecule has 0 atom stereocenters. The minimum Gasteiger partial charge on any atom is -0.779 e. The molecule has 0 N–H and O–H groups in total. The molecule has 0 spiro atoms. The largest absolute Gasteiger partial charge is 2.00 e. The Morgan fingerprint density at radius 1 is 1.23 bits per heavy atom. The molecule has 0 fully saturated rings. The fourth-order valence-corrected chi connectivity index (χ4v) is 0.865. The Hall–Kier alpha value is -0.291. The first-order valence-electron chi connectivity index (χ1n) is 2.69. The normalized spacial score (nSPS) is 7.08. The number of hydrogen-bond acceptors (Lipinski definition) is 3. The van der Waals surface area contributed by atoms with Crippen LogP contribution in [0.4, 0.5) is 0 Å². The Balaban J connectivity index is -0.000000333. The molecule has 70 valence electrons. The van der Waals surface area contributed by atoms with Gasteiger partial charge in [-0.3, -0.25) is 0 Å². The summed E-state index contributed by atoms with van der Waals surface area (Å²) in [7, 11) is 0. The average Bonchev–Trinajstić information content (AvgIpc) is 1.88. The van der Waals surface area contributed by atoms with Gasteiger partial charge in [0.1, 0.15) is 0 Å². The summed E-state index contributed by atoms with van der Waals surface area (Å²) in [6.07, 6.45) is 0. The minimum atomic E-state index is -1.22. The van der Waals surface area contributed by atoms with Crippen molar-refractivity contribution in [3.05, 3.63) is 29.8 Å². The van der Waals surface area contributed by atoms with E-state index < -0.39 is 5.97 Å². The molecule has 2 radical (unpaired) electrons. The summed E-state index contributed by atoms with van der Waals surface area (Å²) in [5, 5.41) is 10.2. The topological polar surface area (TPSA) is 40.1 Å². The van der Waals surface area contributed by atoms with Gasteiger partial charge in [-0.2, -0.15) is 4.90 Å². The molecule has 0 saturated carbocycles. The van der Waals surface area contributed by atoms with Crippen molar-refractivity contribution in [2.45, 2.75) is 19.7 Å². The van der Waals surface area contributed by atoms with Crippen molar-refractivity contribution in [3.8, 4) is 0 Å². The fraction of sp³-hybridized carbons (Fsp3) is 0.222. The van der Waals surface area contributed by atoms with Crippen LogP contribution in [0.25, 0.3) is 0 Å². The third kappa shape index (κ3) is 5.10. The molecule has 0 unspecified atom stereocenters. The van der Waals surface area contributed by atoms with E-state index >= 15 is 0 Å². The van der Waals surface area contributed by atoms with Crippen molar-refractivity contribution in [1.82, 2.24) is 0 Å². The number of hydrogen-bond donors (Lipinski definition) is 0. The van der Waals surface area contributed by atoms with Crippen LogP contribution in [0, 0.1) is 0 Å². The molecule has 4 heteroatoms. The number of benzene rings is 1. The molecule has 13 heavy (non-hydrogen) atoms. The van der Waals surface area contributed by atoms with Gasteiger partial charge in [-0.25, -0.2) is 0 Å². The summed E-state index contributed by atoms with van der Waals surface area (Å²) in [5.74, 6) is -1.22. The quantitative estimate of drug-likeness (QED) is 0.570. The number of aromatic carboxylic acids is 1. The Kier molecular flexibility index (Phi) is 11.8. The number of carbonyl (C=O) groups is 1. The molecule has 0 aliphatic heterocycles. The maximum absolute atomic E-state index is 10.2. The number of carbonyl (C=O) groups excluding carboxylic acids is 1. The van der Waals surface area contributed by atoms with Gasteiger partial charge in [0.05, 0.1) is 5.97 Å². The molecule has 1 aromatic carbocycles. The first-order valence-corrected chi connectivity index (χ1v) is 3.10. The number of carboxylic acid groups (broad SMARTS) is 1. The van der Waals surface area contributed by atoms with Crippen LogP contribution in [0.1, 0.15) is 25.2 Å². The van der Waals surface area contributed by atoms with Crippen LogP contribution >= 0.6 is 0 Å². The summed E-state index contributed by atoms with van der Waals surface area (Å²) in [6, 6.07) is 6.29. The molecule has 0 bridgehead atoms. The molecule has 0 saturated heterocycles. The Labute approximate surface area is 102 Å². The summed E-state index contributed by atoms with van der Waals surface area (Å²) in [4.78, 5) is 10.6. The van der Waals surface area contributed by atoms with Crippen LogP contribution in [0.3, 0.4) is 0 Å². The summed E-state index contributed by atoms with van der Waals surface area (Å²) >= 11 is 4.71. The molecular weight excluding hydrogens is 291 g/mol. The second-order valence-electron chi connectivity index (χ2n) is 1.78. The van der Waals surface area contributed by atoms with Crippen LogP contribution in [0.5, 0.6) is 0 Å². The van der Waals surface area contributed by atoms with Crippen molar-refractivity contribution in [1.29, 1.82) is 0 Å². The zero-order valence-electron chi connectivity index (χ0n) is 5.53. The second kappa shape index (κ2) is 8.31. The van der Waals surface area contributed by atoms with E-state index in [0.717, 1.165) is 0 Å². The number of rotatable bonds is 1. The molecule has 0 heterocycles. The van der Waals surface area contributed by atoms with Gasteiger partial charge in [0.15, 0.2) is 0 Å². The monoisotopic (exact) mass is 304 g/mol. The van der Waals surface area contributed by atoms with Gasteiger partial charge >= 0.3 is 23.9 Å². The molecule has 1 aromatic rings. The molecular formula is C9H12O2SSn. The van der Waals surface area contributed by atoms with Gasteiger partial charge in [-0.05, 0) is 5.56 Å². The molecule has 0 amide bonds. The zero-order chi connectivity index (χ0) is 7.56. The van der Waals surface area contributed by atoms with Crippen LogP contribution < -0.4 is 5.11 Å². The van der Waals surface area contributed by atoms with E-state index in [1.807, 2.05) is 0 Å². The van der Waals surface area contributed by atoms with E-state index in [9.17, 15) is 9.90 Å². The van der Waals surface area contributed by atoms with E-state index in [2.05, 4.69) is 0 Å². The first kappa shape index (κ1) is 18.5. The Bertz CT molecular complexity index is 264. The summed E-state index contributed by atoms with van der Waals surface area (Å²) in [6.45, 7) is 0. The maximum Gasteiger partial charge on any atom is 2.00 e. The summed E-state index contributed by atoms with van der Waals surface area (Å²) in [5.41, 5.74) is 0.0810. The van der Waals surface area contributed by atoms with E-state index in [-0.39, 0.29) is 44.3 Å². The van der Waals surface area contributed by atoms with Crippen molar-refractivity contribution in [2.24, 2.45) is 0 Å². The predicted molar refractivity (Wildman–Crippen MR) is 55.6 cm³/mol. The van der Waals surface area contributed by atoms with Crippen molar-refractivity contribution in [2.75, 3.05) is 0 Å². The van der Waals surface area contributed by atoms with Crippen molar-refractivity contribution in [3.63, 3.8) is 0 Å². The van der Waals surface area contributed by atoms with Gasteiger partial charge in [-0.1, -0.05) is 39.1 Å². The van der Waals surface area contributed by atoms with Crippen molar-refractivity contribution < 1.29 is 9.90 Å². The van der Waals surface area contributed by atoms with E-state index in [1.165, 1.54) is 6.07 Å². The molecule has 0 aliphatic carbocycles. The van der Waals surface area contributed by atoms with Gasteiger partial charge in [-0.15, -0.1) is 0 Å². The smallest absolute Gasteiger partial charge is 0.779 e. The standard InChI is InChI=1S/C7H6O2S.2CH4.Sn/c8-7(9)5-3-1-2-4-6(5)10;;;/h1-4,10H,(H,8,9);2*1H4;/q;;;+2/p-2. The molecule has 2 nitrogen and oxygen atoms in total. The molecule has 0 aromatic heterocycles. The first-order chi connectivity index (χ1) is 4.72. The van der Waals surface area contributed by atoms with E-state index in [0.29, 0.717) is 4.90 Å². The van der Waals surface area contributed by atoms with Crippen LogP contribution in [-0.4, -0.2) is 29.9 Å². The van der Waals surface area contributed by atoms with Crippen LogP contribution in [-0.2, 0) is 12.6 Å². The Morgan fingerprint density at radius 2 is 1.69 bits per heavy atom. The molecule has 1 rings (SSSR count). The van der Waals surface area contributed by atoms with Crippen LogP contribution in [0.15, 0.2) is 29.2 Å². The third-order valence-corrected chi connectivity index (χ3v) is 1.46. The Morgan fingerprint density at radius 3 is 2.00 bits per heavy atom. The summed E-state index contributed by atoms with van der Waals surface area (Å²) < 4.78 is 0. The SMILES string of the molecule is C.C.O=C([O-])c1ccccc1[S-].[Sn+2]. The predicted octanol–water partition coefficient (Wildman–Crippen LogP) is 0.847.